The standard InChI is InChI=1S/C19H21NO3/c1-20(16-10-5-4-6-11-16)13-15-9-7-8-12-17(15)18(14-22-2)19(21)23-3/h4-12,14H,13H2,1-3H3/b18-14+. The van der Waals surface area contributed by atoms with Crippen LogP contribution in [0.5, 0.6) is 0 Å². The summed E-state index contributed by atoms with van der Waals surface area (Å²) in [5.41, 5.74) is 3.35. The summed E-state index contributed by atoms with van der Waals surface area (Å²) in [7, 11) is 4.90. The van der Waals surface area contributed by atoms with Crippen molar-refractivity contribution in [3.8, 4) is 0 Å². The molecule has 0 fully saturated rings. The van der Waals surface area contributed by atoms with Gasteiger partial charge >= 0.3 is 5.97 Å². The van der Waals surface area contributed by atoms with Gasteiger partial charge in [-0.15, -0.1) is 0 Å². The van der Waals surface area contributed by atoms with Gasteiger partial charge in [-0.05, 0) is 23.3 Å². The van der Waals surface area contributed by atoms with Crippen LogP contribution < -0.4 is 4.90 Å². The number of ether oxygens (including phenoxy) is 2. The molecule has 0 aliphatic carbocycles. The molecule has 23 heavy (non-hydrogen) atoms. The number of carbonyl (C=O) groups excluding carboxylic acids is 1. The molecule has 2 aromatic rings. The number of para-hydroxylation sites is 1. The van der Waals surface area contributed by atoms with E-state index >= 15 is 0 Å². The Hall–Kier alpha value is -2.75. The maximum Gasteiger partial charge on any atom is 0.341 e. The molecule has 120 valence electrons. The minimum Gasteiger partial charge on any atom is -0.503 e. The predicted molar refractivity (Wildman–Crippen MR) is 92.0 cm³/mol. The van der Waals surface area contributed by atoms with Crippen molar-refractivity contribution in [2.75, 3.05) is 26.2 Å². The Bertz CT molecular complexity index is 680. The van der Waals surface area contributed by atoms with Crippen LogP contribution in [-0.4, -0.2) is 27.2 Å². The lowest BCUT2D eigenvalue weighted by atomic mass is 10.00. The first-order valence-electron chi connectivity index (χ1n) is 7.33. The number of rotatable bonds is 6. The van der Waals surface area contributed by atoms with Crippen LogP contribution in [-0.2, 0) is 20.8 Å². The molecule has 0 bridgehead atoms. The van der Waals surface area contributed by atoms with Crippen molar-refractivity contribution in [1.82, 2.24) is 0 Å². The molecule has 4 nitrogen and oxygen atoms in total. The molecule has 2 rings (SSSR count). The zero-order valence-corrected chi connectivity index (χ0v) is 13.7. The first-order valence-corrected chi connectivity index (χ1v) is 7.33. The molecule has 4 heteroatoms. The highest BCUT2D eigenvalue weighted by molar-refractivity contribution is 6.16. The van der Waals surface area contributed by atoms with E-state index in [1.807, 2.05) is 49.5 Å². The second kappa shape index (κ2) is 8.03. The number of anilines is 1. The normalized spacial score (nSPS) is 11.0. The van der Waals surface area contributed by atoms with Gasteiger partial charge in [0.15, 0.2) is 0 Å². The predicted octanol–water partition coefficient (Wildman–Crippen LogP) is 3.48. The lowest BCUT2D eigenvalue weighted by Crippen LogP contribution is -2.18. The Morgan fingerprint density at radius 3 is 2.35 bits per heavy atom. The number of carbonyl (C=O) groups is 1. The zero-order chi connectivity index (χ0) is 16.7. The molecule has 0 aliphatic rings. The molecule has 2 aromatic carbocycles. The number of nitrogens with zero attached hydrogens (tertiary/aromatic N) is 1. The van der Waals surface area contributed by atoms with Crippen LogP contribution in [0, 0.1) is 0 Å². The van der Waals surface area contributed by atoms with Crippen molar-refractivity contribution in [2.24, 2.45) is 0 Å². The van der Waals surface area contributed by atoms with Crippen molar-refractivity contribution in [3.05, 3.63) is 72.0 Å². The summed E-state index contributed by atoms with van der Waals surface area (Å²) in [6, 6.07) is 17.8. The van der Waals surface area contributed by atoms with Gasteiger partial charge in [-0.3, -0.25) is 0 Å². The third-order valence-corrected chi connectivity index (χ3v) is 3.55. The van der Waals surface area contributed by atoms with Crippen LogP contribution >= 0.6 is 0 Å². The maximum absolute atomic E-state index is 12.0. The average Bonchev–Trinajstić information content (AvgIpc) is 2.60. The fourth-order valence-corrected chi connectivity index (χ4v) is 2.40. The molecule has 0 aliphatic heterocycles. The number of hydrogen-bond acceptors (Lipinski definition) is 4. The topological polar surface area (TPSA) is 38.8 Å². The summed E-state index contributed by atoms with van der Waals surface area (Å²) in [4.78, 5) is 14.2. The zero-order valence-electron chi connectivity index (χ0n) is 13.7. The van der Waals surface area contributed by atoms with Gasteiger partial charge < -0.3 is 14.4 Å². The Balaban J connectivity index is 2.33. The maximum atomic E-state index is 12.0. The fourth-order valence-electron chi connectivity index (χ4n) is 2.40. The van der Waals surface area contributed by atoms with Crippen molar-refractivity contribution >= 4 is 17.2 Å². The lowest BCUT2D eigenvalue weighted by Gasteiger charge is -2.21. The smallest absolute Gasteiger partial charge is 0.341 e. The molecule has 0 N–H and O–H groups in total. The Morgan fingerprint density at radius 1 is 1.04 bits per heavy atom. The van der Waals surface area contributed by atoms with E-state index in [0.29, 0.717) is 12.1 Å². The molecular weight excluding hydrogens is 290 g/mol. The third-order valence-electron chi connectivity index (χ3n) is 3.55. The summed E-state index contributed by atoms with van der Waals surface area (Å²) in [6.45, 7) is 0.665. The second-order valence-electron chi connectivity index (χ2n) is 5.11. The average molecular weight is 311 g/mol. The summed E-state index contributed by atoms with van der Waals surface area (Å²) < 4.78 is 9.91. The highest BCUT2D eigenvalue weighted by Crippen LogP contribution is 2.23. The van der Waals surface area contributed by atoms with Crippen molar-refractivity contribution < 1.29 is 14.3 Å². The van der Waals surface area contributed by atoms with E-state index in [4.69, 9.17) is 9.47 Å². The van der Waals surface area contributed by atoms with Gasteiger partial charge in [-0.1, -0.05) is 42.5 Å². The van der Waals surface area contributed by atoms with Gasteiger partial charge in [0.05, 0.1) is 20.5 Å². The first kappa shape index (κ1) is 16.6. The molecule has 0 saturated heterocycles. The number of benzene rings is 2. The largest absolute Gasteiger partial charge is 0.503 e. The van der Waals surface area contributed by atoms with E-state index in [1.54, 1.807) is 0 Å². The molecule has 0 heterocycles. The van der Waals surface area contributed by atoms with Crippen molar-refractivity contribution in [1.29, 1.82) is 0 Å². The molecular formula is C19H21NO3. The van der Waals surface area contributed by atoms with E-state index in [-0.39, 0.29) is 0 Å². The number of esters is 1. The quantitative estimate of drug-likeness (QED) is 0.465. The number of methoxy groups -OCH3 is 2. The summed E-state index contributed by atoms with van der Waals surface area (Å²) in [6.07, 6.45) is 1.42. The van der Waals surface area contributed by atoms with Gasteiger partial charge in [-0.25, -0.2) is 4.79 Å². The van der Waals surface area contributed by atoms with E-state index in [9.17, 15) is 4.79 Å². The number of hydrogen-bond donors (Lipinski definition) is 0. The minimum atomic E-state index is -0.415. The van der Waals surface area contributed by atoms with Crippen molar-refractivity contribution in [3.63, 3.8) is 0 Å². The summed E-state index contributed by atoms with van der Waals surface area (Å²) >= 11 is 0. The van der Waals surface area contributed by atoms with E-state index < -0.39 is 5.97 Å². The first-order chi connectivity index (χ1) is 11.2. The highest BCUT2D eigenvalue weighted by Gasteiger charge is 2.17. The molecule has 0 aromatic heterocycles. The van der Waals surface area contributed by atoms with Crippen LogP contribution in [0.2, 0.25) is 0 Å². The Morgan fingerprint density at radius 2 is 1.70 bits per heavy atom. The summed E-state index contributed by atoms with van der Waals surface area (Å²) in [5, 5.41) is 0. The molecule has 0 unspecified atom stereocenters. The molecule has 0 amide bonds. The van der Waals surface area contributed by atoms with Gasteiger partial charge in [0.2, 0.25) is 0 Å². The highest BCUT2D eigenvalue weighted by atomic mass is 16.5. The Kier molecular flexibility index (Phi) is 5.80. The second-order valence-corrected chi connectivity index (χ2v) is 5.11. The molecule has 0 spiro atoms. The molecule has 0 atom stereocenters. The Labute approximate surface area is 137 Å². The summed E-state index contributed by atoms with van der Waals surface area (Å²) in [5.74, 6) is -0.415. The van der Waals surface area contributed by atoms with Gasteiger partial charge in [-0.2, -0.15) is 0 Å². The molecule has 0 saturated carbocycles. The van der Waals surface area contributed by atoms with Crippen molar-refractivity contribution in [2.45, 2.75) is 6.54 Å². The van der Waals surface area contributed by atoms with Crippen LogP contribution in [0.15, 0.2) is 60.9 Å². The van der Waals surface area contributed by atoms with Crippen LogP contribution in [0.25, 0.3) is 5.57 Å². The van der Waals surface area contributed by atoms with Crippen LogP contribution in [0.4, 0.5) is 5.69 Å². The minimum absolute atomic E-state index is 0.409. The van der Waals surface area contributed by atoms with Gasteiger partial charge in [0, 0.05) is 19.3 Å². The third kappa shape index (κ3) is 4.13. The van der Waals surface area contributed by atoms with Crippen LogP contribution in [0.1, 0.15) is 11.1 Å². The molecule has 0 radical (unpaired) electrons. The van der Waals surface area contributed by atoms with Crippen LogP contribution in [0.3, 0.4) is 0 Å². The monoisotopic (exact) mass is 311 g/mol. The van der Waals surface area contributed by atoms with E-state index in [1.165, 1.54) is 20.5 Å². The SMILES string of the molecule is CO/C=C(/C(=O)OC)c1ccccc1CN(C)c1ccccc1. The van der Waals surface area contributed by atoms with E-state index in [0.717, 1.165) is 16.8 Å². The lowest BCUT2D eigenvalue weighted by molar-refractivity contribution is -0.133. The fraction of sp³-hybridized carbons (Fsp3) is 0.211. The van der Waals surface area contributed by atoms with Gasteiger partial charge in [0.25, 0.3) is 0 Å². The van der Waals surface area contributed by atoms with E-state index in [2.05, 4.69) is 17.0 Å². The van der Waals surface area contributed by atoms with Gasteiger partial charge in [0.1, 0.15) is 5.57 Å².